The number of aromatic nitrogens is 1. The van der Waals surface area contributed by atoms with Gasteiger partial charge in [0.2, 0.25) is 0 Å². The molecule has 4 heteroatoms. The average Bonchev–Trinajstić information content (AvgIpc) is 3.25. The molecule has 0 radical (unpaired) electrons. The number of amides is 1. The van der Waals surface area contributed by atoms with E-state index in [2.05, 4.69) is 76.4 Å². The Morgan fingerprint density at radius 3 is 2.48 bits per heavy atom. The van der Waals surface area contributed by atoms with Gasteiger partial charge in [-0.1, -0.05) is 71.4 Å². The highest BCUT2D eigenvalue weighted by molar-refractivity contribution is 9.10. The van der Waals surface area contributed by atoms with Gasteiger partial charge in [-0.3, -0.25) is 4.79 Å². The summed E-state index contributed by atoms with van der Waals surface area (Å²) < 4.78 is 1.05. The highest BCUT2D eigenvalue weighted by Gasteiger charge is 2.39. The van der Waals surface area contributed by atoms with Crippen molar-refractivity contribution >= 4 is 32.7 Å². The predicted molar refractivity (Wildman–Crippen MR) is 121 cm³/mol. The summed E-state index contributed by atoms with van der Waals surface area (Å²) in [6.07, 6.45) is 0.923. The van der Waals surface area contributed by atoms with Gasteiger partial charge in [0, 0.05) is 33.0 Å². The molecule has 5 rings (SSSR count). The second kappa shape index (κ2) is 7.20. The summed E-state index contributed by atoms with van der Waals surface area (Å²) in [5, 5.41) is 1.17. The number of H-pyrrole nitrogens is 1. The van der Waals surface area contributed by atoms with Gasteiger partial charge < -0.3 is 9.88 Å². The van der Waals surface area contributed by atoms with Crippen molar-refractivity contribution in [1.29, 1.82) is 0 Å². The Bertz CT molecular complexity index is 1210. The van der Waals surface area contributed by atoms with Crippen molar-refractivity contribution < 1.29 is 4.79 Å². The fourth-order valence-corrected chi connectivity index (χ4v) is 4.71. The van der Waals surface area contributed by atoms with Crippen LogP contribution < -0.4 is 0 Å². The lowest BCUT2D eigenvalue weighted by Gasteiger charge is -2.26. The summed E-state index contributed by atoms with van der Waals surface area (Å²) in [7, 11) is 0. The summed E-state index contributed by atoms with van der Waals surface area (Å²) >= 11 is 3.53. The molecule has 1 aromatic heterocycles. The van der Waals surface area contributed by atoms with E-state index in [0.717, 1.165) is 45.3 Å². The van der Waals surface area contributed by atoms with Gasteiger partial charge in [-0.25, -0.2) is 0 Å². The van der Waals surface area contributed by atoms with Crippen LogP contribution in [0.5, 0.6) is 0 Å². The molecule has 0 bridgehead atoms. The highest BCUT2D eigenvalue weighted by atomic mass is 79.9. The zero-order chi connectivity index (χ0) is 20.0. The van der Waals surface area contributed by atoms with E-state index in [1.165, 1.54) is 10.9 Å². The second-order valence-corrected chi connectivity index (χ2v) is 8.37. The Labute approximate surface area is 178 Å². The average molecular weight is 445 g/mol. The first-order valence-electron chi connectivity index (χ1n) is 9.95. The third-order valence-electron chi connectivity index (χ3n) is 5.68. The number of halogens is 1. The standard InChI is InChI=1S/C25H21BrN2O/c1-2-15-28-24(18-7-3-4-8-19(18)25(28)29)22-20-9-5-6-10-21(20)27-23(22)16-11-13-17(26)14-12-16/h3-14,24,27H,2,15H2,1H3. The normalized spacial score (nSPS) is 15.9. The first-order valence-corrected chi connectivity index (χ1v) is 10.7. The van der Waals surface area contributed by atoms with Crippen molar-refractivity contribution in [3.63, 3.8) is 0 Å². The van der Waals surface area contributed by atoms with Crippen LogP contribution in [0.2, 0.25) is 0 Å². The maximum Gasteiger partial charge on any atom is 0.255 e. The van der Waals surface area contributed by atoms with E-state index in [1.54, 1.807) is 0 Å². The van der Waals surface area contributed by atoms with E-state index in [-0.39, 0.29) is 11.9 Å². The molecule has 1 unspecified atom stereocenters. The monoisotopic (exact) mass is 444 g/mol. The van der Waals surface area contributed by atoms with Crippen LogP contribution in [0.15, 0.2) is 77.3 Å². The van der Waals surface area contributed by atoms with Crippen molar-refractivity contribution in [2.75, 3.05) is 6.54 Å². The van der Waals surface area contributed by atoms with Gasteiger partial charge >= 0.3 is 0 Å². The van der Waals surface area contributed by atoms with Gasteiger partial charge in [-0.15, -0.1) is 0 Å². The summed E-state index contributed by atoms with van der Waals surface area (Å²) in [6.45, 7) is 2.86. The molecule has 3 nitrogen and oxygen atoms in total. The number of benzene rings is 3. The zero-order valence-electron chi connectivity index (χ0n) is 16.2. The van der Waals surface area contributed by atoms with Crippen molar-refractivity contribution in [1.82, 2.24) is 9.88 Å². The van der Waals surface area contributed by atoms with E-state index < -0.39 is 0 Å². The summed E-state index contributed by atoms with van der Waals surface area (Å²) in [6, 6.07) is 24.7. The minimum atomic E-state index is -0.0894. The maximum absolute atomic E-state index is 13.2. The molecule has 4 aromatic rings. The fourth-order valence-electron chi connectivity index (χ4n) is 4.44. The number of para-hydroxylation sites is 1. The molecular weight excluding hydrogens is 424 g/mol. The van der Waals surface area contributed by atoms with Crippen molar-refractivity contribution in [2.45, 2.75) is 19.4 Å². The Morgan fingerprint density at radius 1 is 0.966 bits per heavy atom. The lowest BCUT2D eigenvalue weighted by molar-refractivity contribution is 0.0751. The van der Waals surface area contributed by atoms with Gasteiger partial charge in [-0.05, 0) is 41.8 Å². The number of hydrogen-bond donors (Lipinski definition) is 1. The largest absolute Gasteiger partial charge is 0.354 e. The van der Waals surface area contributed by atoms with Crippen LogP contribution in [0, 0.1) is 0 Å². The Balaban J connectivity index is 1.80. The van der Waals surface area contributed by atoms with E-state index in [9.17, 15) is 4.79 Å². The van der Waals surface area contributed by atoms with Gasteiger partial charge in [0.15, 0.2) is 0 Å². The fraction of sp³-hybridized carbons (Fsp3) is 0.160. The lowest BCUT2D eigenvalue weighted by Crippen LogP contribution is -2.29. The molecule has 0 fully saturated rings. The van der Waals surface area contributed by atoms with Crippen LogP contribution in [0.3, 0.4) is 0 Å². The number of carbonyl (C=O) groups excluding carboxylic acids is 1. The molecule has 1 aliphatic heterocycles. The Hall–Kier alpha value is -2.85. The van der Waals surface area contributed by atoms with Gasteiger partial charge in [-0.2, -0.15) is 0 Å². The number of hydrogen-bond acceptors (Lipinski definition) is 1. The Kier molecular flexibility index (Phi) is 4.51. The van der Waals surface area contributed by atoms with Crippen LogP contribution in [0.1, 0.15) is 40.9 Å². The third kappa shape index (κ3) is 2.90. The van der Waals surface area contributed by atoms with E-state index in [0.29, 0.717) is 0 Å². The van der Waals surface area contributed by atoms with Crippen molar-refractivity contribution in [3.8, 4) is 11.3 Å². The molecule has 1 N–H and O–H groups in total. The molecule has 1 atom stereocenters. The first-order chi connectivity index (χ1) is 14.2. The van der Waals surface area contributed by atoms with Crippen LogP contribution >= 0.6 is 15.9 Å². The minimum Gasteiger partial charge on any atom is -0.354 e. The van der Waals surface area contributed by atoms with Crippen LogP contribution in [-0.2, 0) is 0 Å². The molecule has 1 aliphatic rings. The molecule has 3 aromatic carbocycles. The molecule has 29 heavy (non-hydrogen) atoms. The predicted octanol–water partition coefficient (Wildman–Crippen LogP) is 6.55. The van der Waals surface area contributed by atoms with Crippen LogP contribution in [-0.4, -0.2) is 22.3 Å². The van der Waals surface area contributed by atoms with Crippen LogP contribution in [0.25, 0.3) is 22.2 Å². The number of carbonyl (C=O) groups is 1. The summed E-state index contributed by atoms with van der Waals surface area (Å²) in [5.41, 5.74) is 6.37. The minimum absolute atomic E-state index is 0.0894. The summed E-state index contributed by atoms with van der Waals surface area (Å²) in [5.74, 6) is 0.125. The van der Waals surface area contributed by atoms with E-state index in [4.69, 9.17) is 0 Å². The third-order valence-corrected chi connectivity index (χ3v) is 6.20. The molecule has 0 saturated carbocycles. The molecule has 144 valence electrons. The molecule has 2 heterocycles. The molecule has 1 amide bonds. The van der Waals surface area contributed by atoms with Crippen molar-refractivity contribution in [2.24, 2.45) is 0 Å². The zero-order valence-corrected chi connectivity index (χ0v) is 17.7. The molecule has 0 aliphatic carbocycles. The number of nitrogens with one attached hydrogen (secondary N) is 1. The first kappa shape index (κ1) is 18.2. The van der Waals surface area contributed by atoms with Crippen molar-refractivity contribution in [3.05, 3.63) is 94.0 Å². The molecular formula is C25H21BrN2O. The number of fused-ring (bicyclic) bond motifs is 2. The summed E-state index contributed by atoms with van der Waals surface area (Å²) in [4.78, 5) is 18.9. The van der Waals surface area contributed by atoms with E-state index in [1.807, 2.05) is 29.2 Å². The van der Waals surface area contributed by atoms with Crippen LogP contribution in [0.4, 0.5) is 0 Å². The smallest absolute Gasteiger partial charge is 0.255 e. The highest BCUT2D eigenvalue weighted by Crippen LogP contribution is 2.45. The number of aromatic amines is 1. The van der Waals surface area contributed by atoms with Gasteiger partial charge in [0.1, 0.15) is 0 Å². The Morgan fingerprint density at radius 2 is 1.69 bits per heavy atom. The number of nitrogens with zero attached hydrogens (tertiary/aromatic N) is 1. The molecule has 0 saturated heterocycles. The molecule has 0 spiro atoms. The van der Waals surface area contributed by atoms with Gasteiger partial charge in [0.25, 0.3) is 5.91 Å². The van der Waals surface area contributed by atoms with E-state index >= 15 is 0 Å². The second-order valence-electron chi connectivity index (χ2n) is 7.45. The lowest BCUT2D eigenvalue weighted by atomic mass is 9.93. The topological polar surface area (TPSA) is 36.1 Å². The quantitative estimate of drug-likeness (QED) is 0.380. The SMILES string of the molecule is CCCN1C(=O)c2ccccc2C1c1c(-c2ccc(Br)cc2)[nH]c2ccccc12. The number of rotatable bonds is 4. The van der Waals surface area contributed by atoms with Gasteiger partial charge in [0.05, 0.1) is 11.7 Å². The maximum atomic E-state index is 13.2.